The highest BCUT2D eigenvalue weighted by molar-refractivity contribution is 5.64. The maximum atomic E-state index is 15.3. The van der Waals surface area contributed by atoms with Gasteiger partial charge in [-0.15, -0.1) is 0 Å². The molecule has 0 amide bonds. The van der Waals surface area contributed by atoms with Gasteiger partial charge in [0.25, 0.3) is 0 Å². The van der Waals surface area contributed by atoms with Crippen LogP contribution in [0, 0.1) is 12.7 Å². The number of aryl methyl sites for hydroxylation is 2. The summed E-state index contributed by atoms with van der Waals surface area (Å²) < 4.78 is 28.5. The average molecular weight is 540 g/mol. The van der Waals surface area contributed by atoms with Crippen LogP contribution in [0.3, 0.4) is 0 Å². The van der Waals surface area contributed by atoms with Gasteiger partial charge in [-0.3, -0.25) is 4.90 Å². The molecule has 3 aliphatic rings. The number of nitrogens with one attached hydrogen (secondary N) is 2. The van der Waals surface area contributed by atoms with E-state index in [1.807, 2.05) is 6.92 Å². The molecule has 3 aliphatic heterocycles. The number of benzene rings is 1. The van der Waals surface area contributed by atoms with Gasteiger partial charge in [-0.05, 0) is 69.5 Å². The molecule has 6 rings (SSSR count). The molecule has 3 aromatic rings. The van der Waals surface area contributed by atoms with Crippen molar-refractivity contribution in [1.29, 1.82) is 0 Å². The van der Waals surface area contributed by atoms with Crippen molar-refractivity contribution in [2.75, 3.05) is 30.4 Å². The molecule has 1 aromatic carbocycles. The fourth-order valence-electron chi connectivity index (χ4n) is 5.91. The Morgan fingerprint density at radius 2 is 2.05 bits per heavy atom. The van der Waals surface area contributed by atoms with Gasteiger partial charge < -0.3 is 20.1 Å². The third kappa shape index (κ3) is 4.96. The quantitative estimate of drug-likeness (QED) is 0.463. The third-order valence-electron chi connectivity index (χ3n) is 7.92. The van der Waals surface area contributed by atoms with Crippen LogP contribution in [0.1, 0.15) is 45.1 Å². The zero-order valence-electron chi connectivity index (χ0n) is 22.6. The normalized spacial score (nSPS) is 22.8. The van der Waals surface area contributed by atoms with Crippen LogP contribution in [0.4, 0.5) is 21.8 Å². The van der Waals surface area contributed by atoms with Crippen molar-refractivity contribution >= 4 is 17.5 Å². The number of hydrogen-bond donors (Lipinski definition) is 2. The Morgan fingerprint density at radius 1 is 1.23 bits per heavy atom. The van der Waals surface area contributed by atoms with Gasteiger partial charge in [-0.2, -0.15) is 14.3 Å². The standard InChI is InChI=1S/C26H34FN9O3/c1-15-12-28-24(31-23(15)29-16-8-17-6-5-7-35(17)26(2,3)11-16)30-20-10-21(36-25(37)34(4)32-33-36)22(9-19(20)27)39-18-13-38-14-18/h9-10,12,16-18H,5-8,11,13-14H2,1-4H3,(H2,28,29,30,31)/t16-,17+/m1/s1. The molecule has 2 N–H and O–H groups in total. The Labute approximate surface area is 225 Å². The van der Waals surface area contributed by atoms with Crippen LogP contribution in [0.5, 0.6) is 5.75 Å². The third-order valence-corrected chi connectivity index (χ3v) is 7.92. The van der Waals surface area contributed by atoms with Gasteiger partial charge in [-0.25, -0.2) is 14.2 Å². The summed E-state index contributed by atoms with van der Waals surface area (Å²) in [5.41, 5.74) is 0.865. The maximum absolute atomic E-state index is 15.3. The van der Waals surface area contributed by atoms with Crippen molar-refractivity contribution in [3.63, 3.8) is 0 Å². The molecule has 3 saturated heterocycles. The second kappa shape index (κ2) is 9.87. The molecule has 0 unspecified atom stereocenters. The Bertz CT molecular complexity index is 1430. The van der Waals surface area contributed by atoms with Gasteiger partial charge in [0.1, 0.15) is 23.4 Å². The van der Waals surface area contributed by atoms with Crippen molar-refractivity contribution in [3.05, 3.63) is 40.2 Å². The molecular formula is C26H34FN9O3. The number of tetrazole rings is 1. The molecule has 2 atom stereocenters. The van der Waals surface area contributed by atoms with E-state index in [1.54, 1.807) is 6.20 Å². The summed E-state index contributed by atoms with van der Waals surface area (Å²) in [5, 5.41) is 14.3. The monoisotopic (exact) mass is 539 g/mol. The molecule has 0 bridgehead atoms. The molecule has 2 aromatic heterocycles. The van der Waals surface area contributed by atoms with E-state index in [-0.39, 0.29) is 40.8 Å². The lowest BCUT2D eigenvalue weighted by Gasteiger charge is -2.48. The van der Waals surface area contributed by atoms with Crippen molar-refractivity contribution in [2.45, 2.75) is 70.2 Å². The second-order valence-corrected chi connectivity index (χ2v) is 11.3. The summed E-state index contributed by atoms with van der Waals surface area (Å²) in [6, 6.07) is 3.53. The van der Waals surface area contributed by atoms with Crippen LogP contribution in [0.15, 0.2) is 23.1 Å². The van der Waals surface area contributed by atoms with Crippen LogP contribution in [0.2, 0.25) is 0 Å². The summed E-state index contributed by atoms with van der Waals surface area (Å²) in [7, 11) is 1.49. The van der Waals surface area contributed by atoms with E-state index in [4.69, 9.17) is 14.5 Å². The van der Waals surface area contributed by atoms with Crippen LogP contribution in [0.25, 0.3) is 5.69 Å². The SMILES string of the molecule is Cc1cnc(Nc2cc(-n3nnn(C)c3=O)c(OC3COC3)cc2F)nc1N[C@@H]1C[C@@H]2CCCN2C(C)(C)C1. The van der Waals surface area contributed by atoms with E-state index in [0.717, 1.165) is 40.1 Å². The zero-order valence-corrected chi connectivity index (χ0v) is 22.6. The number of aromatic nitrogens is 6. The smallest absolute Gasteiger partial charge is 0.368 e. The largest absolute Gasteiger partial charge is 0.483 e. The van der Waals surface area contributed by atoms with Crippen molar-refractivity contribution < 1.29 is 13.9 Å². The number of halogens is 1. The van der Waals surface area contributed by atoms with E-state index in [1.165, 1.54) is 32.0 Å². The van der Waals surface area contributed by atoms with Gasteiger partial charge in [0, 0.05) is 42.5 Å². The molecule has 5 heterocycles. The van der Waals surface area contributed by atoms with Crippen LogP contribution in [-0.4, -0.2) is 78.1 Å². The first-order valence-corrected chi connectivity index (χ1v) is 13.4. The first kappa shape index (κ1) is 25.7. The Morgan fingerprint density at radius 3 is 2.77 bits per heavy atom. The van der Waals surface area contributed by atoms with Gasteiger partial charge in [0.05, 0.1) is 18.9 Å². The lowest BCUT2D eigenvalue weighted by atomic mass is 9.84. The summed E-state index contributed by atoms with van der Waals surface area (Å²) in [5.74, 6) is 0.537. The highest BCUT2D eigenvalue weighted by Crippen LogP contribution is 2.39. The molecule has 39 heavy (non-hydrogen) atoms. The number of anilines is 3. The molecule has 0 radical (unpaired) electrons. The van der Waals surface area contributed by atoms with Gasteiger partial charge in [-0.1, -0.05) is 0 Å². The van der Waals surface area contributed by atoms with E-state index >= 15 is 4.39 Å². The fraction of sp³-hybridized carbons (Fsp3) is 0.577. The summed E-state index contributed by atoms with van der Waals surface area (Å²) in [6.45, 7) is 8.52. The number of fused-ring (bicyclic) bond motifs is 1. The van der Waals surface area contributed by atoms with Crippen molar-refractivity contribution in [1.82, 2.24) is 34.7 Å². The molecular weight excluding hydrogens is 505 g/mol. The molecule has 0 saturated carbocycles. The number of piperidine rings is 1. The highest BCUT2D eigenvalue weighted by atomic mass is 19.1. The highest BCUT2D eigenvalue weighted by Gasteiger charge is 2.43. The molecule has 0 aliphatic carbocycles. The topological polar surface area (TPSA) is 124 Å². The second-order valence-electron chi connectivity index (χ2n) is 11.3. The molecule has 13 heteroatoms. The lowest BCUT2D eigenvalue weighted by Crippen LogP contribution is -2.55. The summed E-state index contributed by atoms with van der Waals surface area (Å²) in [4.78, 5) is 24.3. The zero-order chi connectivity index (χ0) is 27.3. The van der Waals surface area contributed by atoms with E-state index in [9.17, 15) is 4.79 Å². The van der Waals surface area contributed by atoms with Crippen molar-refractivity contribution in [3.8, 4) is 11.4 Å². The lowest BCUT2D eigenvalue weighted by molar-refractivity contribution is -0.0797. The first-order valence-electron chi connectivity index (χ1n) is 13.4. The molecule has 208 valence electrons. The first-order chi connectivity index (χ1) is 18.7. The van der Waals surface area contributed by atoms with Gasteiger partial charge in [0.2, 0.25) is 5.95 Å². The minimum Gasteiger partial charge on any atom is -0.483 e. The Hall–Kier alpha value is -3.58. The Kier molecular flexibility index (Phi) is 6.50. The predicted octanol–water partition coefficient (Wildman–Crippen LogP) is 2.54. The van der Waals surface area contributed by atoms with Crippen LogP contribution in [-0.2, 0) is 11.8 Å². The van der Waals surface area contributed by atoms with E-state index in [2.05, 4.69) is 44.8 Å². The average Bonchev–Trinajstić information content (AvgIpc) is 3.47. The Balaban J connectivity index is 1.27. The maximum Gasteiger partial charge on any atom is 0.368 e. The van der Waals surface area contributed by atoms with Crippen LogP contribution < -0.4 is 21.1 Å². The number of rotatable bonds is 7. The van der Waals surface area contributed by atoms with E-state index in [0.29, 0.717) is 19.3 Å². The minimum atomic E-state index is -0.583. The van der Waals surface area contributed by atoms with Gasteiger partial charge >= 0.3 is 5.69 Å². The fourth-order valence-corrected chi connectivity index (χ4v) is 5.91. The summed E-state index contributed by atoms with van der Waals surface area (Å²) >= 11 is 0. The number of hydrogen-bond acceptors (Lipinski definition) is 10. The minimum absolute atomic E-state index is 0.0787. The molecule has 3 fully saturated rings. The predicted molar refractivity (Wildman–Crippen MR) is 142 cm³/mol. The van der Waals surface area contributed by atoms with E-state index < -0.39 is 11.5 Å². The van der Waals surface area contributed by atoms with Crippen molar-refractivity contribution in [2.24, 2.45) is 7.05 Å². The number of nitrogens with zero attached hydrogens (tertiary/aromatic N) is 7. The number of ether oxygens (including phenoxy) is 2. The molecule has 0 spiro atoms. The molecule has 12 nitrogen and oxygen atoms in total. The van der Waals surface area contributed by atoms with Gasteiger partial charge in [0.15, 0.2) is 5.82 Å². The van der Waals surface area contributed by atoms with Crippen LogP contribution >= 0.6 is 0 Å². The summed E-state index contributed by atoms with van der Waals surface area (Å²) in [6.07, 6.45) is 6.02.